The van der Waals surface area contributed by atoms with E-state index in [0.717, 1.165) is 43.3 Å². The number of ether oxygens (including phenoxy) is 1. The van der Waals surface area contributed by atoms with Gasteiger partial charge in [-0.25, -0.2) is 9.78 Å². The predicted molar refractivity (Wildman–Crippen MR) is 120 cm³/mol. The number of nitrogens with zero attached hydrogens (tertiary/aromatic N) is 6. The zero-order valence-electron chi connectivity index (χ0n) is 18.6. The molecule has 2 aromatic heterocycles. The van der Waals surface area contributed by atoms with E-state index in [2.05, 4.69) is 25.8 Å². The maximum Gasteiger partial charge on any atom is 0.409 e. The van der Waals surface area contributed by atoms with E-state index in [9.17, 15) is 4.79 Å². The van der Waals surface area contributed by atoms with E-state index in [-0.39, 0.29) is 6.09 Å². The number of piperazine rings is 1. The molecule has 4 saturated heterocycles. The molecule has 32 heavy (non-hydrogen) atoms. The number of likely N-dealkylation sites (tertiary alicyclic amines) is 1. The molecule has 0 aromatic carbocycles. The predicted octanol–water partition coefficient (Wildman–Crippen LogP) is 2.81. The molecule has 4 aliphatic heterocycles. The molecule has 1 saturated carbocycles. The molecule has 1 amide bonds. The van der Waals surface area contributed by atoms with E-state index >= 15 is 0 Å². The van der Waals surface area contributed by atoms with Crippen molar-refractivity contribution in [1.82, 2.24) is 24.8 Å². The Labute approximate surface area is 188 Å². The third-order valence-corrected chi connectivity index (χ3v) is 7.85. The minimum atomic E-state index is -0.146. The number of pyridine rings is 1. The van der Waals surface area contributed by atoms with Crippen LogP contribution >= 0.6 is 0 Å². The first-order valence-electron chi connectivity index (χ1n) is 11.8. The van der Waals surface area contributed by atoms with Crippen LogP contribution in [0.4, 0.5) is 10.6 Å². The Morgan fingerprint density at radius 3 is 2.75 bits per heavy atom. The summed E-state index contributed by atoms with van der Waals surface area (Å²) >= 11 is 0. The maximum absolute atomic E-state index is 12.0. The highest BCUT2D eigenvalue weighted by atomic mass is 16.6. The summed E-state index contributed by atoms with van der Waals surface area (Å²) in [5.41, 5.74) is 2.25. The van der Waals surface area contributed by atoms with Gasteiger partial charge in [0.05, 0.1) is 18.5 Å². The fourth-order valence-electron chi connectivity index (χ4n) is 6.52. The van der Waals surface area contributed by atoms with Gasteiger partial charge in [0.1, 0.15) is 5.82 Å². The lowest BCUT2D eigenvalue weighted by Gasteiger charge is -2.59. The van der Waals surface area contributed by atoms with Crippen molar-refractivity contribution in [2.45, 2.75) is 50.7 Å². The molecule has 2 aromatic rings. The number of carbonyl (C=O) groups is 1. The average molecular weight is 435 g/mol. The zero-order valence-corrected chi connectivity index (χ0v) is 18.6. The Morgan fingerprint density at radius 2 is 2.00 bits per heavy atom. The molecule has 1 spiro atoms. The smallest absolute Gasteiger partial charge is 0.409 e. The summed E-state index contributed by atoms with van der Waals surface area (Å²) in [6, 6.07) is 5.89. The van der Waals surface area contributed by atoms with Crippen molar-refractivity contribution in [3.05, 3.63) is 36.9 Å². The van der Waals surface area contributed by atoms with Crippen LogP contribution in [0.25, 0.3) is 11.3 Å². The number of hydrogen-bond acceptors (Lipinski definition) is 7. The third kappa shape index (κ3) is 3.23. The van der Waals surface area contributed by atoms with Gasteiger partial charge in [-0.2, -0.15) is 0 Å². The molecule has 6 heterocycles. The summed E-state index contributed by atoms with van der Waals surface area (Å²) in [4.78, 5) is 32.5. The highest BCUT2D eigenvalue weighted by molar-refractivity contribution is 5.73. The van der Waals surface area contributed by atoms with Crippen molar-refractivity contribution < 1.29 is 9.53 Å². The lowest BCUT2D eigenvalue weighted by Crippen LogP contribution is -2.71. The molecule has 7 rings (SSSR count). The van der Waals surface area contributed by atoms with Crippen molar-refractivity contribution in [2.75, 3.05) is 37.7 Å². The van der Waals surface area contributed by atoms with Gasteiger partial charge in [-0.3, -0.25) is 14.9 Å². The Kier molecular flexibility index (Phi) is 4.78. The molecule has 8 heteroatoms. The molecule has 3 atom stereocenters. The largest absolute Gasteiger partial charge is 0.450 e. The second kappa shape index (κ2) is 7.69. The van der Waals surface area contributed by atoms with E-state index < -0.39 is 0 Å². The Hall–Kier alpha value is -2.74. The fourth-order valence-corrected chi connectivity index (χ4v) is 6.52. The van der Waals surface area contributed by atoms with Gasteiger partial charge in [0.25, 0.3) is 0 Å². The monoisotopic (exact) mass is 434 g/mol. The Morgan fingerprint density at radius 1 is 1.16 bits per heavy atom. The average Bonchev–Trinajstić information content (AvgIpc) is 3.24. The summed E-state index contributed by atoms with van der Waals surface area (Å²) in [5.74, 6) is 1.02. The summed E-state index contributed by atoms with van der Waals surface area (Å²) in [5, 5.41) is 0. The van der Waals surface area contributed by atoms with E-state index in [1.165, 1.54) is 25.7 Å². The first-order valence-corrected chi connectivity index (χ1v) is 11.8. The number of fused-ring (bicyclic) bond motifs is 2. The van der Waals surface area contributed by atoms with Crippen LogP contribution in [-0.4, -0.2) is 81.8 Å². The van der Waals surface area contributed by atoms with Gasteiger partial charge in [0.2, 0.25) is 0 Å². The third-order valence-electron chi connectivity index (χ3n) is 7.85. The minimum absolute atomic E-state index is 0.146. The van der Waals surface area contributed by atoms with Gasteiger partial charge >= 0.3 is 6.09 Å². The number of aromatic nitrogens is 3. The van der Waals surface area contributed by atoms with Gasteiger partial charge in [-0.1, -0.05) is 0 Å². The maximum atomic E-state index is 12.0. The van der Waals surface area contributed by atoms with Gasteiger partial charge in [0, 0.05) is 73.9 Å². The molecule has 0 N–H and O–H groups in total. The molecule has 5 aliphatic rings. The van der Waals surface area contributed by atoms with E-state index in [4.69, 9.17) is 9.72 Å². The van der Waals surface area contributed by atoms with Gasteiger partial charge in [-0.05, 0) is 44.7 Å². The van der Waals surface area contributed by atoms with Crippen LogP contribution in [0.3, 0.4) is 0 Å². The number of piperidine rings is 1. The van der Waals surface area contributed by atoms with E-state index in [1.807, 2.05) is 30.3 Å². The number of anilines is 1. The summed E-state index contributed by atoms with van der Waals surface area (Å²) in [6.45, 7) is 6.08. The first kappa shape index (κ1) is 19.9. The van der Waals surface area contributed by atoms with Crippen molar-refractivity contribution in [1.29, 1.82) is 0 Å². The first-order chi connectivity index (χ1) is 15.7. The topological polar surface area (TPSA) is 74.7 Å². The number of rotatable bonds is 4. The second-order valence-corrected chi connectivity index (χ2v) is 9.81. The minimum Gasteiger partial charge on any atom is -0.450 e. The Bertz CT molecular complexity index is 983. The lowest BCUT2D eigenvalue weighted by atomic mass is 9.77. The number of carbonyl (C=O) groups excluding carboxylic acids is 1. The van der Waals surface area contributed by atoms with Gasteiger partial charge in [0.15, 0.2) is 0 Å². The van der Waals surface area contributed by atoms with Crippen molar-refractivity contribution in [3.63, 3.8) is 0 Å². The molecule has 1 aliphatic carbocycles. The molecule has 1 unspecified atom stereocenters. The number of amides is 1. The molecule has 2 bridgehead atoms. The normalized spacial score (nSPS) is 28.3. The number of hydrogen-bond donors (Lipinski definition) is 0. The quantitative estimate of drug-likeness (QED) is 0.732. The van der Waals surface area contributed by atoms with Crippen LogP contribution in [0.15, 0.2) is 36.9 Å². The van der Waals surface area contributed by atoms with Gasteiger partial charge < -0.3 is 14.5 Å². The SMILES string of the molecule is CCOC(=O)N1CC2(CC[C@@H](N3C4C[C@@H]3CN(c3ncccc3-c3cnccn3)C4)C2)C1. The second-order valence-electron chi connectivity index (χ2n) is 9.81. The zero-order chi connectivity index (χ0) is 21.7. The van der Waals surface area contributed by atoms with E-state index in [0.29, 0.717) is 30.1 Å². The summed E-state index contributed by atoms with van der Waals surface area (Å²) in [7, 11) is 0. The van der Waals surface area contributed by atoms with Crippen molar-refractivity contribution in [3.8, 4) is 11.3 Å². The molecular weight excluding hydrogens is 404 g/mol. The molecule has 5 fully saturated rings. The van der Waals surface area contributed by atoms with E-state index in [1.54, 1.807) is 12.4 Å². The molecular formula is C24H30N6O2. The highest BCUT2D eigenvalue weighted by Crippen LogP contribution is 2.50. The van der Waals surface area contributed by atoms with Crippen LogP contribution < -0.4 is 4.90 Å². The van der Waals surface area contributed by atoms with Crippen LogP contribution in [0, 0.1) is 5.41 Å². The summed E-state index contributed by atoms with van der Waals surface area (Å²) in [6.07, 6.45) is 12.0. The highest BCUT2D eigenvalue weighted by Gasteiger charge is 2.56. The Balaban J connectivity index is 1.11. The van der Waals surface area contributed by atoms with Crippen molar-refractivity contribution in [2.24, 2.45) is 5.41 Å². The molecule has 8 nitrogen and oxygen atoms in total. The van der Waals surface area contributed by atoms with Crippen LogP contribution in [0.1, 0.15) is 32.6 Å². The van der Waals surface area contributed by atoms with Gasteiger partial charge in [-0.15, -0.1) is 0 Å². The molecule has 168 valence electrons. The fraction of sp³-hybridized carbons (Fsp3) is 0.583. The van der Waals surface area contributed by atoms with Crippen molar-refractivity contribution >= 4 is 11.9 Å². The lowest BCUT2D eigenvalue weighted by molar-refractivity contribution is -0.0509. The van der Waals surface area contributed by atoms with Crippen LogP contribution in [-0.2, 0) is 4.74 Å². The summed E-state index contributed by atoms with van der Waals surface area (Å²) < 4.78 is 5.17. The van der Waals surface area contributed by atoms with Crippen LogP contribution in [0.5, 0.6) is 0 Å². The van der Waals surface area contributed by atoms with Crippen LogP contribution in [0.2, 0.25) is 0 Å². The molecule has 0 radical (unpaired) electrons. The standard InChI is InChI=1S/C24H30N6O2/c1-2-32-23(31)29-15-24(16-29)6-5-17(11-24)30-18-10-19(30)14-28(13-18)22-20(4-3-7-27-22)21-12-25-8-9-26-21/h3-4,7-9,12,17-19H,2,5-6,10-11,13-16H2,1H3/t17-,18-,19?/m1/s1.